The number of likely N-dealkylation sites (tertiary alicyclic amines) is 1. The lowest BCUT2D eigenvalue weighted by Gasteiger charge is -2.40. The maximum atomic E-state index is 6.42. The summed E-state index contributed by atoms with van der Waals surface area (Å²) in [6.45, 7) is 5.88. The first-order valence-corrected chi connectivity index (χ1v) is 7.69. The van der Waals surface area contributed by atoms with Gasteiger partial charge in [-0.3, -0.25) is 0 Å². The van der Waals surface area contributed by atoms with Gasteiger partial charge in [0, 0.05) is 26.2 Å². The van der Waals surface area contributed by atoms with E-state index in [1.165, 1.54) is 38.8 Å². The molecule has 0 aromatic heterocycles. The van der Waals surface area contributed by atoms with E-state index in [0.717, 1.165) is 24.3 Å². The average Bonchev–Trinajstić information content (AvgIpc) is 2.95. The Bertz CT molecular complexity index is 294. The second-order valence-electron chi connectivity index (χ2n) is 6.87. The molecule has 0 amide bonds. The highest BCUT2D eigenvalue weighted by Crippen LogP contribution is 2.47. The Labute approximate surface area is 111 Å². The molecule has 1 saturated heterocycles. The number of hydrogen-bond donors (Lipinski definition) is 1. The quantitative estimate of drug-likeness (QED) is 0.831. The van der Waals surface area contributed by atoms with Crippen molar-refractivity contribution < 1.29 is 4.74 Å². The van der Waals surface area contributed by atoms with Crippen LogP contribution in [0.25, 0.3) is 0 Å². The normalized spacial score (nSPS) is 48.8. The number of methoxy groups -OCH3 is 1. The van der Waals surface area contributed by atoms with Gasteiger partial charge in [-0.1, -0.05) is 6.92 Å². The molecule has 2 bridgehead atoms. The zero-order valence-corrected chi connectivity index (χ0v) is 11.8. The van der Waals surface area contributed by atoms with Gasteiger partial charge in [0.15, 0.2) is 0 Å². The van der Waals surface area contributed by atoms with Crippen LogP contribution in [0, 0.1) is 23.7 Å². The molecule has 6 atom stereocenters. The molecule has 104 valence electrons. The van der Waals surface area contributed by atoms with E-state index in [0.29, 0.717) is 18.1 Å². The van der Waals surface area contributed by atoms with Crippen LogP contribution in [-0.4, -0.2) is 43.8 Å². The Morgan fingerprint density at radius 1 is 1.22 bits per heavy atom. The van der Waals surface area contributed by atoms with Crippen molar-refractivity contribution in [3.05, 3.63) is 0 Å². The molecule has 3 nitrogen and oxygen atoms in total. The van der Waals surface area contributed by atoms with E-state index < -0.39 is 0 Å². The number of nitrogens with two attached hydrogens (primary N) is 1. The summed E-state index contributed by atoms with van der Waals surface area (Å²) in [4.78, 5) is 2.61. The first-order valence-electron chi connectivity index (χ1n) is 7.69. The summed E-state index contributed by atoms with van der Waals surface area (Å²) in [7, 11) is 1.86. The van der Waals surface area contributed by atoms with Gasteiger partial charge in [-0.25, -0.2) is 0 Å². The number of ether oxygens (including phenoxy) is 1. The van der Waals surface area contributed by atoms with E-state index in [9.17, 15) is 0 Å². The largest absolute Gasteiger partial charge is 0.380 e. The number of rotatable bonds is 3. The van der Waals surface area contributed by atoms with Crippen molar-refractivity contribution in [1.29, 1.82) is 0 Å². The van der Waals surface area contributed by atoms with Crippen LogP contribution >= 0.6 is 0 Å². The van der Waals surface area contributed by atoms with Crippen molar-refractivity contribution >= 4 is 0 Å². The summed E-state index contributed by atoms with van der Waals surface area (Å²) >= 11 is 0. The zero-order chi connectivity index (χ0) is 12.7. The van der Waals surface area contributed by atoms with Gasteiger partial charge in [0.25, 0.3) is 0 Å². The molecule has 3 heteroatoms. The van der Waals surface area contributed by atoms with Gasteiger partial charge in [0.05, 0.1) is 6.10 Å². The maximum absolute atomic E-state index is 6.42. The average molecular weight is 252 g/mol. The van der Waals surface area contributed by atoms with Gasteiger partial charge in [-0.15, -0.1) is 0 Å². The van der Waals surface area contributed by atoms with E-state index >= 15 is 0 Å². The number of hydrogen-bond acceptors (Lipinski definition) is 3. The van der Waals surface area contributed by atoms with Crippen LogP contribution in [0.4, 0.5) is 0 Å². The minimum absolute atomic E-state index is 0.425. The van der Waals surface area contributed by atoms with Crippen molar-refractivity contribution in [2.45, 2.75) is 44.8 Å². The SMILES string of the molecule is COC1CN(CC2C3CCC(C3)C2N)CCC1C. The van der Waals surface area contributed by atoms with Crippen LogP contribution in [-0.2, 0) is 4.74 Å². The van der Waals surface area contributed by atoms with Gasteiger partial charge in [0.1, 0.15) is 0 Å². The molecule has 3 aliphatic rings. The summed E-state index contributed by atoms with van der Waals surface area (Å²) in [6, 6.07) is 0.476. The van der Waals surface area contributed by atoms with Crippen molar-refractivity contribution in [2.24, 2.45) is 29.4 Å². The van der Waals surface area contributed by atoms with Crippen LogP contribution in [0.15, 0.2) is 0 Å². The van der Waals surface area contributed by atoms with E-state index in [1.54, 1.807) is 0 Å². The lowest BCUT2D eigenvalue weighted by atomic mass is 9.84. The van der Waals surface area contributed by atoms with Crippen LogP contribution in [0.2, 0.25) is 0 Å². The van der Waals surface area contributed by atoms with Crippen molar-refractivity contribution in [1.82, 2.24) is 4.90 Å². The first-order chi connectivity index (χ1) is 8.69. The third-order valence-electron chi connectivity index (χ3n) is 5.90. The number of nitrogens with zero attached hydrogens (tertiary/aromatic N) is 1. The molecule has 0 aromatic rings. The predicted octanol–water partition coefficient (Wildman–Crippen LogP) is 1.72. The molecule has 2 aliphatic carbocycles. The standard InChI is InChI=1S/C15H28N2O/c1-10-5-6-17(9-14(10)18-2)8-13-11-3-4-12(7-11)15(13)16/h10-15H,3-9,16H2,1-2H3. The Morgan fingerprint density at radius 2 is 2.00 bits per heavy atom. The highest BCUT2D eigenvalue weighted by molar-refractivity contribution is 5.00. The topological polar surface area (TPSA) is 38.5 Å². The molecule has 1 aliphatic heterocycles. The zero-order valence-electron chi connectivity index (χ0n) is 11.8. The molecular weight excluding hydrogens is 224 g/mol. The fourth-order valence-electron chi connectivity index (χ4n) is 4.59. The molecule has 18 heavy (non-hydrogen) atoms. The molecule has 3 rings (SSSR count). The highest BCUT2D eigenvalue weighted by Gasteiger charge is 2.46. The second kappa shape index (κ2) is 5.10. The first kappa shape index (κ1) is 12.9. The van der Waals surface area contributed by atoms with Crippen LogP contribution in [0.1, 0.15) is 32.6 Å². The minimum Gasteiger partial charge on any atom is -0.380 e. The van der Waals surface area contributed by atoms with Gasteiger partial charge < -0.3 is 15.4 Å². The maximum Gasteiger partial charge on any atom is 0.0724 e. The van der Waals surface area contributed by atoms with Crippen LogP contribution in [0.3, 0.4) is 0 Å². The van der Waals surface area contributed by atoms with E-state index in [1.807, 2.05) is 7.11 Å². The van der Waals surface area contributed by atoms with E-state index in [-0.39, 0.29) is 0 Å². The third-order valence-corrected chi connectivity index (χ3v) is 5.90. The Kier molecular flexibility index (Phi) is 3.65. The molecular formula is C15H28N2O. The van der Waals surface area contributed by atoms with Gasteiger partial charge >= 0.3 is 0 Å². The minimum atomic E-state index is 0.425. The summed E-state index contributed by atoms with van der Waals surface area (Å²) in [5.41, 5.74) is 6.42. The Balaban J connectivity index is 1.57. The van der Waals surface area contributed by atoms with E-state index in [4.69, 9.17) is 10.5 Å². The monoisotopic (exact) mass is 252 g/mol. The lowest BCUT2D eigenvalue weighted by Crippen LogP contribution is -2.49. The molecule has 2 saturated carbocycles. The van der Waals surface area contributed by atoms with Gasteiger partial charge in [-0.05, 0) is 55.9 Å². The number of fused-ring (bicyclic) bond motifs is 2. The van der Waals surface area contributed by atoms with E-state index in [2.05, 4.69) is 11.8 Å². The second-order valence-corrected chi connectivity index (χ2v) is 6.87. The van der Waals surface area contributed by atoms with Gasteiger partial charge in [-0.2, -0.15) is 0 Å². The Hall–Kier alpha value is -0.120. The molecule has 0 radical (unpaired) electrons. The molecule has 3 fully saturated rings. The Morgan fingerprint density at radius 3 is 2.67 bits per heavy atom. The highest BCUT2D eigenvalue weighted by atomic mass is 16.5. The van der Waals surface area contributed by atoms with Crippen molar-refractivity contribution in [2.75, 3.05) is 26.7 Å². The van der Waals surface area contributed by atoms with Crippen LogP contribution in [0.5, 0.6) is 0 Å². The fourth-order valence-corrected chi connectivity index (χ4v) is 4.59. The lowest BCUT2D eigenvalue weighted by molar-refractivity contribution is -0.0127. The summed E-state index contributed by atoms with van der Waals surface area (Å²) in [5.74, 6) is 3.22. The summed E-state index contributed by atoms with van der Waals surface area (Å²) in [5, 5.41) is 0. The summed E-state index contributed by atoms with van der Waals surface area (Å²) < 4.78 is 5.61. The molecule has 1 heterocycles. The molecule has 0 spiro atoms. The summed E-state index contributed by atoms with van der Waals surface area (Å²) in [6.07, 6.45) is 5.92. The molecule has 2 N–H and O–H groups in total. The number of piperidine rings is 1. The fraction of sp³-hybridized carbons (Fsp3) is 1.00. The smallest absolute Gasteiger partial charge is 0.0724 e. The predicted molar refractivity (Wildman–Crippen MR) is 73.3 cm³/mol. The molecule has 6 unspecified atom stereocenters. The molecule has 0 aromatic carbocycles. The third kappa shape index (κ3) is 2.21. The van der Waals surface area contributed by atoms with Crippen molar-refractivity contribution in [3.8, 4) is 0 Å². The van der Waals surface area contributed by atoms with Crippen LogP contribution < -0.4 is 5.73 Å². The van der Waals surface area contributed by atoms with Gasteiger partial charge in [0.2, 0.25) is 0 Å². The van der Waals surface area contributed by atoms with Crippen molar-refractivity contribution in [3.63, 3.8) is 0 Å².